The molecule has 1 N–H and O–H groups in total. The molecule has 0 aliphatic rings. The molecule has 3 aromatic rings. The van der Waals surface area contributed by atoms with Crippen LogP contribution >= 0.6 is 35.6 Å². The fraction of sp³-hybridized carbons (Fsp3) is 0.350. The van der Waals surface area contributed by atoms with E-state index in [0.717, 1.165) is 53.9 Å². The Bertz CT molecular complexity index is 910. The average Bonchev–Trinajstić information content (AvgIpc) is 3.09. The van der Waals surface area contributed by atoms with Crippen LogP contribution in [0.1, 0.15) is 24.7 Å². The van der Waals surface area contributed by atoms with Gasteiger partial charge in [-0.05, 0) is 37.1 Å². The summed E-state index contributed by atoms with van der Waals surface area (Å²) in [4.78, 5) is 6.84. The molecule has 0 bridgehead atoms. The summed E-state index contributed by atoms with van der Waals surface area (Å²) in [6.07, 6.45) is 3.74. The molecule has 2 aromatic heterocycles. The van der Waals surface area contributed by atoms with Gasteiger partial charge in [-0.2, -0.15) is 0 Å². The summed E-state index contributed by atoms with van der Waals surface area (Å²) in [6, 6.07) is 13.8. The van der Waals surface area contributed by atoms with E-state index in [-0.39, 0.29) is 24.0 Å². The van der Waals surface area contributed by atoms with E-state index in [0.29, 0.717) is 6.54 Å². The summed E-state index contributed by atoms with van der Waals surface area (Å²) < 4.78 is 2.03. The van der Waals surface area contributed by atoms with Crippen LogP contribution in [0.5, 0.6) is 0 Å². The molecule has 8 heteroatoms. The van der Waals surface area contributed by atoms with Crippen molar-refractivity contribution in [1.82, 2.24) is 24.8 Å². The van der Waals surface area contributed by atoms with Crippen molar-refractivity contribution in [2.75, 3.05) is 20.1 Å². The molecule has 0 amide bonds. The zero-order valence-corrected chi connectivity index (χ0v) is 19.3. The van der Waals surface area contributed by atoms with Crippen LogP contribution in [0.25, 0.3) is 5.65 Å². The molecular formula is C20H26ClIN6. The first-order chi connectivity index (χ1) is 13.2. The van der Waals surface area contributed by atoms with Crippen LogP contribution in [0.15, 0.2) is 53.7 Å². The summed E-state index contributed by atoms with van der Waals surface area (Å²) in [5.74, 6) is 1.85. The number of hydrogen-bond donors (Lipinski definition) is 1. The minimum absolute atomic E-state index is 0. The highest BCUT2D eigenvalue weighted by molar-refractivity contribution is 14.0. The van der Waals surface area contributed by atoms with Crippen molar-refractivity contribution in [1.29, 1.82) is 0 Å². The monoisotopic (exact) mass is 512 g/mol. The van der Waals surface area contributed by atoms with Gasteiger partial charge in [0.05, 0.1) is 0 Å². The second-order valence-electron chi connectivity index (χ2n) is 6.33. The molecule has 0 saturated carbocycles. The highest BCUT2D eigenvalue weighted by atomic mass is 127. The Labute approximate surface area is 188 Å². The molecule has 0 saturated heterocycles. The number of aliphatic imine (C=N–C) groups is 1. The maximum Gasteiger partial charge on any atom is 0.193 e. The lowest BCUT2D eigenvalue weighted by Gasteiger charge is -2.22. The number of aryl methyl sites for hydroxylation is 1. The standard InChI is InChI=1S/C20H25ClN6.HI/c1-3-22-20(26(2)15-16-9-4-5-10-17(16)21)23-13-8-12-19-25-24-18-11-6-7-14-27(18)19;/h4-7,9-11,14H,3,8,12-13,15H2,1-2H3,(H,22,23);1H. The second-order valence-corrected chi connectivity index (χ2v) is 6.74. The molecule has 0 radical (unpaired) electrons. The van der Waals surface area contributed by atoms with Crippen molar-refractivity contribution in [3.63, 3.8) is 0 Å². The summed E-state index contributed by atoms with van der Waals surface area (Å²) in [5.41, 5.74) is 1.96. The third-order valence-electron chi connectivity index (χ3n) is 4.27. The Morgan fingerprint density at radius 3 is 2.75 bits per heavy atom. The summed E-state index contributed by atoms with van der Waals surface area (Å²) in [7, 11) is 2.02. The van der Waals surface area contributed by atoms with Crippen molar-refractivity contribution in [3.8, 4) is 0 Å². The van der Waals surface area contributed by atoms with Gasteiger partial charge in [-0.3, -0.25) is 9.39 Å². The van der Waals surface area contributed by atoms with Gasteiger partial charge in [0.2, 0.25) is 0 Å². The van der Waals surface area contributed by atoms with Crippen LogP contribution in [0, 0.1) is 0 Å². The van der Waals surface area contributed by atoms with Gasteiger partial charge in [0, 0.05) is 44.3 Å². The SMILES string of the molecule is CCNC(=NCCCc1nnc2ccccn12)N(C)Cc1ccccc1Cl.I. The molecule has 150 valence electrons. The van der Waals surface area contributed by atoms with Crippen LogP contribution in [0.4, 0.5) is 0 Å². The van der Waals surface area contributed by atoms with Crippen molar-refractivity contribution < 1.29 is 0 Å². The Hall–Kier alpha value is -1.87. The predicted octanol–water partition coefficient (Wildman–Crippen LogP) is 4.03. The fourth-order valence-corrected chi connectivity index (χ4v) is 3.11. The van der Waals surface area contributed by atoms with Gasteiger partial charge in [0.1, 0.15) is 5.82 Å². The van der Waals surface area contributed by atoms with Gasteiger partial charge in [-0.15, -0.1) is 34.2 Å². The van der Waals surface area contributed by atoms with E-state index in [1.807, 2.05) is 60.1 Å². The lowest BCUT2D eigenvalue weighted by molar-refractivity contribution is 0.476. The van der Waals surface area contributed by atoms with Crippen LogP contribution in [-0.2, 0) is 13.0 Å². The van der Waals surface area contributed by atoms with Crippen LogP contribution in [0.2, 0.25) is 5.02 Å². The molecule has 2 heterocycles. The maximum atomic E-state index is 6.28. The lowest BCUT2D eigenvalue weighted by atomic mass is 10.2. The molecule has 0 atom stereocenters. The Morgan fingerprint density at radius 2 is 1.96 bits per heavy atom. The molecular weight excluding hydrogens is 487 g/mol. The Balaban J connectivity index is 0.00000280. The third kappa shape index (κ3) is 5.81. The van der Waals surface area contributed by atoms with Gasteiger partial charge in [0.15, 0.2) is 11.6 Å². The highest BCUT2D eigenvalue weighted by Gasteiger charge is 2.09. The molecule has 0 fully saturated rings. The van der Waals surface area contributed by atoms with Crippen LogP contribution < -0.4 is 5.32 Å². The highest BCUT2D eigenvalue weighted by Crippen LogP contribution is 2.16. The Morgan fingerprint density at radius 1 is 1.18 bits per heavy atom. The van der Waals surface area contributed by atoms with E-state index in [9.17, 15) is 0 Å². The number of nitrogens with one attached hydrogen (secondary N) is 1. The third-order valence-corrected chi connectivity index (χ3v) is 4.63. The number of pyridine rings is 1. The predicted molar refractivity (Wildman–Crippen MR) is 126 cm³/mol. The van der Waals surface area contributed by atoms with Gasteiger partial charge < -0.3 is 10.2 Å². The van der Waals surface area contributed by atoms with E-state index in [1.54, 1.807) is 0 Å². The first-order valence-corrected chi connectivity index (χ1v) is 9.58. The molecule has 0 aliphatic carbocycles. The molecule has 28 heavy (non-hydrogen) atoms. The molecule has 0 aliphatic heterocycles. The van der Waals surface area contributed by atoms with E-state index in [1.165, 1.54) is 0 Å². The Kier molecular flexibility index (Phi) is 8.98. The number of rotatable bonds is 7. The van der Waals surface area contributed by atoms with E-state index >= 15 is 0 Å². The zero-order valence-electron chi connectivity index (χ0n) is 16.2. The van der Waals surface area contributed by atoms with Gasteiger partial charge in [0.25, 0.3) is 0 Å². The van der Waals surface area contributed by atoms with Crippen molar-refractivity contribution in [2.45, 2.75) is 26.3 Å². The second kappa shape index (κ2) is 11.2. The number of guanidine groups is 1. The minimum Gasteiger partial charge on any atom is -0.357 e. The largest absolute Gasteiger partial charge is 0.357 e. The number of fused-ring (bicyclic) bond motifs is 1. The smallest absolute Gasteiger partial charge is 0.193 e. The van der Waals surface area contributed by atoms with E-state index in [4.69, 9.17) is 16.6 Å². The summed E-state index contributed by atoms with van der Waals surface area (Å²) in [5, 5.41) is 12.6. The van der Waals surface area contributed by atoms with Crippen molar-refractivity contribution >= 4 is 47.2 Å². The minimum atomic E-state index is 0. The lowest BCUT2D eigenvalue weighted by Crippen LogP contribution is -2.38. The maximum absolute atomic E-state index is 6.28. The summed E-state index contributed by atoms with van der Waals surface area (Å²) in [6.45, 7) is 4.32. The molecule has 0 unspecified atom stereocenters. The van der Waals surface area contributed by atoms with Crippen molar-refractivity contribution in [2.24, 2.45) is 4.99 Å². The quantitative estimate of drug-likeness (QED) is 0.225. The number of nitrogens with zero attached hydrogens (tertiary/aromatic N) is 5. The zero-order chi connectivity index (χ0) is 19.1. The topological polar surface area (TPSA) is 57.8 Å². The fourth-order valence-electron chi connectivity index (χ4n) is 2.91. The molecule has 3 rings (SSSR count). The first kappa shape index (κ1) is 22.4. The first-order valence-electron chi connectivity index (χ1n) is 9.20. The van der Waals surface area contributed by atoms with Crippen LogP contribution in [-0.4, -0.2) is 45.6 Å². The van der Waals surface area contributed by atoms with Gasteiger partial charge in [-0.25, -0.2) is 0 Å². The molecule has 1 aromatic carbocycles. The van der Waals surface area contributed by atoms with Gasteiger partial charge in [-0.1, -0.05) is 35.9 Å². The van der Waals surface area contributed by atoms with Crippen molar-refractivity contribution in [3.05, 3.63) is 65.1 Å². The van der Waals surface area contributed by atoms with E-state index in [2.05, 4.69) is 27.3 Å². The number of aromatic nitrogens is 3. The number of hydrogen-bond acceptors (Lipinski definition) is 3. The average molecular weight is 513 g/mol. The van der Waals surface area contributed by atoms with E-state index < -0.39 is 0 Å². The summed E-state index contributed by atoms with van der Waals surface area (Å²) >= 11 is 6.28. The molecule has 6 nitrogen and oxygen atoms in total. The normalized spacial score (nSPS) is 11.3. The van der Waals surface area contributed by atoms with Gasteiger partial charge >= 0.3 is 0 Å². The number of benzene rings is 1. The number of halogens is 2. The van der Waals surface area contributed by atoms with Crippen LogP contribution in [0.3, 0.4) is 0 Å². The molecule has 0 spiro atoms.